The first kappa shape index (κ1) is 21.5. The van der Waals surface area contributed by atoms with Crippen LogP contribution in [0.2, 0.25) is 0 Å². The van der Waals surface area contributed by atoms with E-state index in [4.69, 9.17) is 10.7 Å². The number of nitrogens with two attached hydrogens (primary N) is 1. The van der Waals surface area contributed by atoms with E-state index in [1.54, 1.807) is 6.07 Å². The van der Waals surface area contributed by atoms with Crippen LogP contribution in [0.3, 0.4) is 0 Å². The van der Waals surface area contributed by atoms with Gasteiger partial charge in [-0.05, 0) is 55.2 Å². The number of phenols is 1. The number of rotatable bonds is 5. The lowest BCUT2D eigenvalue weighted by Gasteiger charge is -2.36. The molecule has 3 aromatic rings. The fourth-order valence-corrected chi connectivity index (χ4v) is 5.01. The molecule has 1 amide bonds. The van der Waals surface area contributed by atoms with Crippen molar-refractivity contribution in [1.82, 2.24) is 14.9 Å². The predicted octanol–water partition coefficient (Wildman–Crippen LogP) is 3.34. The molecule has 33 heavy (non-hydrogen) atoms. The van der Waals surface area contributed by atoms with Crippen LogP contribution in [0.25, 0.3) is 10.9 Å². The number of hydrogen-bond donors (Lipinski definition) is 3. The summed E-state index contributed by atoms with van der Waals surface area (Å²) in [5, 5.41) is 14.8. The molecule has 0 radical (unpaired) electrons. The number of anilines is 3. The molecule has 1 aliphatic carbocycles. The zero-order chi connectivity index (χ0) is 22.8. The van der Waals surface area contributed by atoms with E-state index in [2.05, 4.69) is 27.3 Å². The SMILES string of the molecule is NCC(=O)N1CCN(c2ccc(Nc3ncc4ccc(O)c(C5CCCC5)c4n3)cc2)CC1. The van der Waals surface area contributed by atoms with Gasteiger partial charge in [-0.15, -0.1) is 0 Å². The van der Waals surface area contributed by atoms with E-state index in [0.717, 1.165) is 53.8 Å². The van der Waals surface area contributed by atoms with Gasteiger partial charge in [-0.25, -0.2) is 9.97 Å². The maximum Gasteiger partial charge on any atom is 0.236 e. The lowest BCUT2D eigenvalue weighted by Crippen LogP contribution is -2.50. The van der Waals surface area contributed by atoms with Crippen LogP contribution in [0.4, 0.5) is 17.3 Å². The van der Waals surface area contributed by atoms with Crippen LogP contribution >= 0.6 is 0 Å². The zero-order valence-corrected chi connectivity index (χ0v) is 18.7. The Hall–Kier alpha value is -3.39. The lowest BCUT2D eigenvalue weighted by molar-refractivity contribution is -0.129. The summed E-state index contributed by atoms with van der Waals surface area (Å²) in [6, 6.07) is 11.8. The Balaban J connectivity index is 1.31. The molecule has 1 aromatic heterocycles. The van der Waals surface area contributed by atoms with Gasteiger partial charge in [-0.2, -0.15) is 0 Å². The maximum absolute atomic E-state index is 11.8. The molecular formula is C25H30N6O2. The van der Waals surface area contributed by atoms with Crippen molar-refractivity contribution in [3.05, 3.63) is 48.2 Å². The number of aromatic hydroxyl groups is 1. The number of amides is 1. The van der Waals surface area contributed by atoms with Crippen molar-refractivity contribution >= 4 is 34.1 Å². The highest BCUT2D eigenvalue weighted by Gasteiger charge is 2.24. The van der Waals surface area contributed by atoms with Crippen molar-refractivity contribution in [3.8, 4) is 5.75 Å². The first-order valence-corrected chi connectivity index (χ1v) is 11.7. The van der Waals surface area contributed by atoms with Crippen molar-refractivity contribution in [2.75, 3.05) is 42.9 Å². The van der Waals surface area contributed by atoms with Gasteiger partial charge in [0.25, 0.3) is 0 Å². The Morgan fingerprint density at radius 2 is 1.79 bits per heavy atom. The van der Waals surface area contributed by atoms with Crippen LogP contribution in [0, 0.1) is 0 Å². The Labute approximate surface area is 193 Å². The second kappa shape index (κ2) is 9.23. The van der Waals surface area contributed by atoms with Gasteiger partial charge in [-0.1, -0.05) is 12.8 Å². The molecule has 8 heteroatoms. The van der Waals surface area contributed by atoms with Gasteiger partial charge in [0.1, 0.15) is 5.75 Å². The Morgan fingerprint density at radius 3 is 2.48 bits per heavy atom. The minimum atomic E-state index is 0.00832. The smallest absolute Gasteiger partial charge is 0.236 e. The number of aromatic nitrogens is 2. The molecule has 5 rings (SSSR count). The minimum Gasteiger partial charge on any atom is -0.508 e. The van der Waals surface area contributed by atoms with Crippen molar-refractivity contribution in [1.29, 1.82) is 0 Å². The van der Waals surface area contributed by atoms with E-state index in [1.807, 2.05) is 29.3 Å². The summed E-state index contributed by atoms with van der Waals surface area (Å²) < 4.78 is 0. The predicted molar refractivity (Wildman–Crippen MR) is 130 cm³/mol. The maximum atomic E-state index is 11.8. The molecule has 1 aliphatic heterocycles. The first-order valence-electron chi connectivity index (χ1n) is 11.7. The highest BCUT2D eigenvalue weighted by atomic mass is 16.3. The summed E-state index contributed by atoms with van der Waals surface area (Å²) in [5.74, 6) is 1.22. The molecule has 0 spiro atoms. The van der Waals surface area contributed by atoms with E-state index in [9.17, 15) is 9.90 Å². The number of phenolic OH excluding ortho intramolecular Hbond substituents is 1. The van der Waals surface area contributed by atoms with Crippen LogP contribution in [0.5, 0.6) is 5.75 Å². The van der Waals surface area contributed by atoms with Crippen LogP contribution < -0.4 is 16.0 Å². The summed E-state index contributed by atoms with van der Waals surface area (Å²) in [4.78, 5) is 25.1. The number of hydrogen-bond acceptors (Lipinski definition) is 7. The highest BCUT2D eigenvalue weighted by molar-refractivity contribution is 5.85. The zero-order valence-electron chi connectivity index (χ0n) is 18.7. The Kier molecular flexibility index (Phi) is 6.00. The van der Waals surface area contributed by atoms with Crippen molar-refractivity contribution in [2.45, 2.75) is 31.6 Å². The molecule has 2 aromatic carbocycles. The standard InChI is InChI=1S/C25H30N6O2/c26-15-22(33)31-13-11-30(12-14-31)20-8-6-19(7-9-20)28-25-27-16-18-5-10-21(32)23(24(18)29-25)17-3-1-2-4-17/h5-10,16-17,32H,1-4,11-15,26H2,(H,27,28,29). The van der Waals surface area contributed by atoms with Gasteiger partial charge in [0, 0.05) is 54.7 Å². The van der Waals surface area contributed by atoms with Crippen LogP contribution in [-0.4, -0.2) is 58.6 Å². The normalized spacial score (nSPS) is 17.0. The van der Waals surface area contributed by atoms with E-state index >= 15 is 0 Å². The second-order valence-corrected chi connectivity index (χ2v) is 8.86. The van der Waals surface area contributed by atoms with Crippen LogP contribution in [0.1, 0.15) is 37.2 Å². The fraction of sp³-hybridized carbons (Fsp3) is 0.400. The molecule has 8 nitrogen and oxygen atoms in total. The minimum absolute atomic E-state index is 0.00832. The molecule has 1 saturated carbocycles. The fourth-order valence-electron chi connectivity index (χ4n) is 5.01. The number of fused-ring (bicyclic) bond motifs is 1. The molecule has 0 bridgehead atoms. The van der Waals surface area contributed by atoms with Gasteiger partial charge in [-0.3, -0.25) is 4.79 Å². The Bertz CT molecular complexity index is 1140. The average Bonchev–Trinajstić information content (AvgIpc) is 3.38. The third kappa shape index (κ3) is 4.43. The average molecular weight is 447 g/mol. The number of nitrogens with one attached hydrogen (secondary N) is 1. The molecule has 172 valence electrons. The number of benzene rings is 2. The Morgan fingerprint density at radius 1 is 1.06 bits per heavy atom. The third-order valence-electron chi connectivity index (χ3n) is 6.83. The van der Waals surface area contributed by atoms with Crippen LogP contribution in [0.15, 0.2) is 42.6 Å². The van der Waals surface area contributed by atoms with E-state index in [0.29, 0.717) is 30.7 Å². The van der Waals surface area contributed by atoms with Gasteiger partial charge < -0.3 is 26.0 Å². The summed E-state index contributed by atoms with van der Waals surface area (Å²) in [6.07, 6.45) is 6.40. The van der Waals surface area contributed by atoms with E-state index < -0.39 is 0 Å². The highest BCUT2D eigenvalue weighted by Crippen LogP contribution is 2.41. The molecule has 2 fully saturated rings. The van der Waals surface area contributed by atoms with Gasteiger partial charge in [0.2, 0.25) is 11.9 Å². The number of piperazine rings is 1. The number of carbonyl (C=O) groups excluding carboxylic acids is 1. The lowest BCUT2D eigenvalue weighted by atomic mass is 9.94. The quantitative estimate of drug-likeness (QED) is 0.552. The van der Waals surface area contributed by atoms with E-state index in [1.165, 1.54) is 12.8 Å². The monoisotopic (exact) mass is 446 g/mol. The molecule has 2 heterocycles. The van der Waals surface area contributed by atoms with Crippen LogP contribution in [-0.2, 0) is 4.79 Å². The summed E-state index contributed by atoms with van der Waals surface area (Å²) in [7, 11) is 0. The summed E-state index contributed by atoms with van der Waals surface area (Å²) >= 11 is 0. The second-order valence-electron chi connectivity index (χ2n) is 8.86. The molecule has 0 atom stereocenters. The summed E-state index contributed by atoms with van der Waals surface area (Å²) in [5.41, 5.74) is 9.28. The van der Waals surface area contributed by atoms with Crippen molar-refractivity contribution in [3.63, 3.8) is 0 Å². The summed E-state index contributed by atoms with van der Waals surface area (Å²) in [6.45, 7) is 3.03. The van der Waals surface area contributed by atoms with Crippen molar-refractivity contribution < 1.29 is 9.90 Å². The van der Waals surface area contributed by atoms with Crippen molar-refractivity contribution in [2.24, 2.45) is 5.73 Å². The molecule has 2 aliphatic rings. The molecule has 0 unspecified atom stereocenters. The van der Waals surface area contributed by atoms with Gasteiger partial charge in [0.15, 0.2) is 0 Å². The molecular weight excluding hydrogens is 416 g/mol. The van der Waals surface area contributed by atoms with E-state index in [-0.39, 0.29) is 12.5 Å². The van der Waals surface area contributed by atoms with Gasteiger partial charge in [0.05, 0.1) is 12.1 Å². The van der Waals surface area contributed by atoms with Gasteiger partial charge >= 0.3 is 0 Å². The number of carbonyl (C=O) groups is 1. The topological polar surface area (TPSA) is 108 Å². The molecule has 1 saturated heterocycles. The number of nitrogens with zero attached hydrogens (tertiary/aromatic N) is 4. The first-order chi connectivity index (χ1) is 16.1. The molecule has 4 N–H and O–H groups in total. The third-order valence-corrected chi connectivity index (χ3v) is 6.83. The largest absolute Gasteiger partial charge is 0.508 e.